The van der Waals surface area contributed by atoms with Gasteiger partial charge in [0.1, 0.15) is 28.1 Å². The number of aromatic amines is 1. The molecule has 3 amide bonds. The lowest BCUT2D eigenvalue weighted by molar-refractivity contribution is -0.122. The Balaban J connectivity index is 1.20. The lowest BCUT2D eigenvalue weighted by atomic mass is 10.0. The monoisotopic (exact) mass is 590 g/mol. The van der Waals surface area contributed by atoms with E-state index in [9.17, 15) is 14.4 Å². The number of para-hydroxylation sites is 1. The van der Waals surface area contributed by atoms with Gasteiger partial charge in [-0.3, -0.25) is 14.4 Å². The Hall–Kier alpha value is -4.26. The summed E-state index contributed by atoms with van der Waals surface area (Å²) in [6.07, 6.45) is 5.97. The average molecular weight is 591 g/mol. The topological polar surface area (TPSA) is 151 Å². The SMILES string of the molecule is CNC(=O)C(Cc1c[nH]c2ccccc12)NC(=O)c1csc([C@@H]2C[C@@H](N)CN2C(=O)c2cn3cc(Cl)ccc3n2)n1. The van der Waals surface area contributed by atoms with E-state index in [1.165, 1.54) is 18.4 Å². The van der Waals surface area contributed by atoms with Crippen LogP contribution in [0.2, 0.25) is 5.02 Å². The van der Waals surface area contributed by atoms with Crippen molar-refractivity contribution >= 4 is 57.2 Å². The molecule has 3 atom stereocenters. The second-order valence-corrected chi connectivity index (χ2v) is 11.3. The van der Waals surface area contributed by atoms with Gasteiger partial charge < -0.3 is 30.7 Å². The number of aromatic nitrogens is 4. The lowest BCUT2D eigenvalue weighted by Crippen LogP contribution is -2.47. The molecule has 5 N–H and O–H groups in total. The highest BCUT2D eigenvalue weighted by molar-refractivity contribution is 7.09. The van der Waals surface area contributed by atoms with Crippen LogP contribution in [0.5, 0.6) is 0 Å². The van der Waals surface area contributed by atoms with Crippen LogP contribution in [0.15, 0.2) is 60.4 Å². The average Bonchev–Trinajstić information content (AvgIpc) is 3.77. The van der Waals surface area contributed by atoms with E-state index < -0.39 is 18.0 Å². The van der Waals surface area contributed by atoms with Crippen LogP contribution in [0, 0.1) is 0 Å². The molecule has 41 heavy (non-hydrogen) atoms. The Morgan fingerprint density at radius 2 is 2.00 bits per heavy atom. The van der Waals surface area contributed by atoms with E-state index in [1.807, 2.05) is 30.5 Å². The fourth-order valence-corrected chi connectivity index (χ4v) is 6.31. The Morgan fingerprint density at radius 3 is 2.83 bits per heavy atom. The molecule has 11 nitrogen and oxygen atoms in total. The summed E-state index contributed by atoms with van der Waals surface area (Å²) in [5.74, 6) is -1.06. The molecule has 210 valence electrons. The van der Waals surface area contributed by atoms with Crippen molar-refractivity contribution in [2.24, 2.45) is 5.73 Å². The van der Waals surface area contributed by atoms with Gasteiger partial charge in [-0.05, 0) is 30.2 Å². The number of carbonyl (C=O) groups excluding carboxylic acids is 3. The van der Waals surface area contributed by atoms with Gasteiger partial charge in [-0.15, -0.1) is 11.3 Å². The number of thiazole rings is 1. The van der Waals surface area contributed by atoms with Gasteiger partial charge in [0.2, 0.25) is 5.91 Å². The fourth-order valence-electron chi connectivity index (χ4n) is 5.22. The third-order valence-electron chi connectivity index (χ3n) is 7.24. The van der Waals surface area contributed by atoms with Crippen molar-refractivity contribution in [2.75, 3.05) is 13.6 Å². The van der Waals surface area contributed by atoms with E-state index in [4.69, 9.17) is 17.3 Å². The molecule has 0 radical (unpaired) electrons. The highest BCUT2D eigenvalue weighted by Gasteiger charge is 2.38. The van der Waals surface area contributed by atoms with E-state index >= 15 is 0 Å². The van der Waals surface area contributed by atoms with Crippen molar-refractivity contribution in [1.29, 1.82) is 0 Å². The zero-order chi connectivity index (χ0) is 28.7. The van der Waals surface area contributed by atoms with Gasteiger partial charge in [-0.2, -0.15) is 0 Å². The second kappa shape index (κ2) is 11.0. The molecule has 1 saturated heterocycles. The molecule has 6 rings (SSSR count). The normalized spacial score (nSPS) is 17.7. The van der Waals surface area contributed by atoms with Crippen LogP contribution in [0.25, 0.3) is 16.6 Å². The summed E-state index contributed by atoms with van der Waals surface area (Å²) in [6.45, 7) is 0.336. The quantitative estimate of drug-likeness (QED) is 0.229. The number of hydrogen-bond acceptors (Lipinski definition) is 7. The Bertz CT molecular complexity index is 1780. The molecule has 0 aliphatic carbocycles. The number of hydrogen-bond donors (Lipinski definition) is 4. The maximum atomic E-state index is 13.5. The standard InChI is InChI=1S/C28H27ClN8O3S/c1-31-25(38)20(8-15-10-32-19-5-3-2-4-18(15)19)34-26(39)22-14-41-27(35-22)23-9-17(30)12-37(23)28(40)21-13-36-11-16(29)6-7-24(36)33-21/h2-7,10-11,13-14,17,20,23,32H,8-9,12,30H2,1H3,(H,31,38)(H,34,39)/t17-,20?,23+/m1/s1. The molecule has 1 fully saturated rings. The minimum Gasteiger partial charge on any atom is -0.361 e. The minimum absolute atomic E-state index is 0.174. The molecular weight excluding hydrogens is 564 g/mol. The highest BCUT2D eigenvalue weighted by atomic mass is 35.5. The Kier molecular flexibility index (Phi) is 7.20. The van der Waals surface area contributed by atoms with Crippen LogP contribution in [0.4, 0.5) is 0 Å². The zero-order valence-electron chi connectivity index (χ0n) is 22.0. The van der Waals surface area contributed by atoms with Crippen molar-refractivity contribution in [2.45, 2.75) is 31.0 Å². The van der Waals surface area contributed by atoms with E-state index in [0.29, 0.717) is 35.1 Å². The molecule has 1 aromatic carbocycles. The summed E-state index contributed by atoms with van der Waals surface area (Å²) in [5, 5.41) is 9.21. The van der Waals surface area contributed by atoms with E-state index in [0.717, 1.165) is 16.5 Å². The molecule has 0 spiro atoms. The molecule has 1 aliphatic rings. The van der Waals surface area contributed by atoms with E-state index in [-0.39, 0.29) is 29.2 Å². The number of carbonyl (C=O) groups is 3. The number of nitrogens with two attached hydrogens (primary N) is 1. The number of fused-ring (bicyclic) bond motifs is 2. The number of benzene rings is 1. The highest BCUT2D eigenvalue weighted by Crippen LogP contribution is 2.34. The summed E-state index contributed by atoms with van der Waals surface area (Å²) in [6, 6.07) is 9.78. The molecule has 4 aromatic heterocycles. The van der Waals surface area contributed by atoms with Crippen molar-refractivity contribution in [3.8, 4) is 0 Å². The van der Waals surface area contributed by atoms with Gasteiger partial charge in [-0.25, -0.2) is 9.97 Å². The van der Waals surface area contributed by atoms with E-state index in [2.05, 4.69) is 25.6 Å². The van der Waals surface area contributed by atoms with Crippen molar-refractivity contribution < 1.29 is 14.4 Å². The van der Waals surface area contributed by atoms with Crippen LogP contribution < -0.4 is 16.4 Å². The number of rotatable bonds is 7. The Morgan fingerprint density at radius 1 is 1.17 bits per heavy atom. The number of halogens is 1. The number of H-pyrrole nitrogens is 1. The number of nitrogens with one attached hydrogen (secondary N) is 3. The summed E-state index contributed by atoms with van der Waals surface area (Å²) >= 11 is 7.36. The van der Waals surface area contributed by atoms with Gasteiger partial charge >= 0.3 is 0 Å². The number of imidazole rings is 1. The number of pyridine rings is 1. The third-order valence-corrected chi connectivity index (χ3v) is 8.40. The number of nitrogens with zero attached hydrogens (tertiary/aromatic N) is 4. The Labute approximate surface area is 243 Å². The smallest absolute Gasteiger partial charge is 0.274 e. The molecule has 13 heteroatoms. The molecule has 0 bridgehead atoms. The lowest BCUT2D eigenvalue weighted by Gasteiger charge is -2.22. The molecule has 1 unspecified atom stereocenters. The molecule has 0 saturated carbocycles. The van der Waals surface area contributed by atoms with E-state index in [1.54, 1.807) is 39.2 Å². The molecular formula is C28H27ClN8O3S. The first-order chi connectivity index (χ1) is 19.8. The molecule has 5 heterocycles. The second-order valence-electron chi connectivity index (χ2n) is 9.98. The summed E-state index contributed by atoms with van der Waals surface area (Å²) < 4.78 is 1.70. The minimum atomic E-state index is -0.807. The number of likely N-dealkylation sites (N-methyl/N-ethyl adjacent to an activating group) is 1. The third kappa shape index (κ3) is 5.29. The largest absolute Gasteiger partial charge is 0.361 e. The predicted molar refractivity (Wildman–Crippen MR) is 156 cm³/mol. The number of likely N-dealkylation sites (tertiary alicyclic amines) is 1. The zero-order valence-corrected chi connectivity index (χ0v) is 23.6. The summed E-state index contributed by atoms with van der Waals surface area (Å²) in [7, 11) is 1.53. The van der Waals surface area contributed by atoms with Gasteiger partial charge in [0.25, 0.3) is 11.8 Å². The van der Waals surface area contributed by atoms with Crippen LogP contribution in [-0.2, 0) is 11.2 Å². The van der Waals surface area contributed by atoms with Crippen molar-refractivity contribution in [1.82, 2.24) is 34.9 Å². The first kappa shape index (κ1) is 26.9. The first-order valence-electron chi connectivity index (χ1n) is 13.0. The summed E-state index contributed by atoms with van der Waals surface area (Å²) in [4.78, 5) is 53.3. The van der Waals surface area contributed by atoms with Gasteiger partial charge in [0.15, 0.2) is 0 Å². The number of amides is 3. The van der Waals surface area contributed by atoms with Crippen LogP contribution >= 0.6 is 22.9 Å². The predicted octanol–water partition coefficient (Wildman–Crippen LogP) is 2.93. The molecule has 5 aromatic rings. The van der Waals surface area contributed by atoms with Crippen LogP contribution in [0.3, 0.4) is 0 Å². The first-order valence-corrected chi connectivity index (χ1v) is 14.3. The van der Waals surface area contributed by atoms with Gasteiger partial charge in [0, 0.05) is 60.9 Å². The summed E-state index contributed by atoms with van der Waals surface area (Å²) in [5.41, 5.74) is 9.18. The van der Waals surface area contributed by atoms with Crippen molar-refractivity contribution in [3.05, 3.63) is 87.4 Å². The van der Waals surface area contributed by atoms with Gasteiger partial charge in [0.05, 0.1) is 11.1 Å². The van der Waals surface area contributed by atoms with Crippen LogP contribution in [-0.4, -0.2) is 67.7 Å². The maximum absolute atomic E-state index is 13.5. The molecule has 1 aliphatic heterocycles. The van der Waals surface area contributed by atoms with Crippen molar-refractivity contribution in [3.63, 3.8) is 0 Å². The van der Waals surface area contributed by atoms with Crippen LogP contribution in [0.1, 0.15) is 44.0 Å². The maximum Gasteiger partial charge on any atom is 0.274 e. The fraction of sp³-hybridized carbons (Fsp3) is 0.250. The van der Waals surface area contributed by atoms with Gasteiger partial charge in [-0.1, -0.05) is 29.8 Å².